The van der Waals surface area contributed by atoms with Crippen molar-refractivity contribution in [2.75, 3.05) is 12.4 Å². The van der Waals surface area contributed by atoms with Gasteiger partial charge in [-0.05, 0) is 60.5 Å². The maximum atomic E-state index is 13.1. The third kappa shape index (κ3) is 4.57. The Kier molecular flexibility index (Phi) is 5.96. The summed E-state index contributed by atoms with van der Waals surface area (Å²) < 4.78 is 5.85. The first-order valence-corrected chi connectivity index (χ1v) is 10.5. The average Bonchev–Trinajstić information content (AvgIpc) is 3.21. The summed E-state index contributed by atoms with van der Waals surface area (Å²) in [4.78, 5) is 27.2. The Bertz CT molecular complexity index is 1120. The molecule has 0 aliphatic carbocycles. The van der Waals surface area contributed by atoms with Gasteiger partial charge in [-0.25, -0.2) is 0 Å². The highest BCUT2D eigenvalue weighted by molar-refractivity contribution is 6.30. The van der Waals surface area contributed by atoms with Crippen LogP contribution in [0.2, 0.25) is 5.02 Å². The van der Waals surface area contributed by atoms with Crippen LogP contribution in [0.15, 0.2) is 72.8 Å². The van der Waals surface area contributed by atoms with Crippen LogP contribution in [0.4, 0.5) is 5.69 Å². The van der Waals surface area contributed by atoms with E-state index in [1.807, 2.05) is 55.5 Å². The number of nitrogens with zero attached hydrogens (tertiary/aromatic N) is 1. The zero-order chi connectivity index (χ0) is 22.0. The number of carbonyl (C=O) groups is 2. The summed E-state index contributed by atoms with van der Waals surface area (Å²) in [6.45, 7) is 1.95. The summed E-state index contributed by atoms with van der Waals surface area (Å²) in [6.07, 6.45) is -0.0687. The lowest BCUT2D eigenvalue weighted by Gasteiger charge is -2.28. The maximum absolute atomic E-state index is 13.1. The number of benzene rings is 3. The van der Waals surface area contributed by atoms with Crippen molar-refractivity contribution in [3.8, 4) is 5.75 Å². The first-order chi connectivity index (χ1) is 14.9. The summed E-state index contributed by atoms with van der Waals surface area (Å²) in [5, 5.41) is 3.55. The normalized spacial score (nSPS) is 15.5. The van der Waals surface area contributed by atoms with Crippen LogP contribution in [0.3, 0.4) is 0 Å². The number of hydrogen-bond donors (Lipinski definition) is 1. The number of amides is 2. The van der Waals surface area contributed by atoms with Crippen LogP contribution >= 0.6 is 11.6 Å². The van der Waals surface area contributed by atoms with Crippen molar-refractivity contribution in [2.45, 2.75) is 25.5 Å². The van der Waals surface area contributed by atoms with Gasteiger partial charge in [0.2, 0.25) is 0 Å². The van der Waals surface area contributed by atoms with Gasteiger partial charge in [0.15, 0.2) is 6.10 Å². The standard InChI is InChI=1S/C25H23ClN2O3/c1-16(28(2)25(30)23-15-19-13-20(26)11-12-22(19)31-23)18-9-6-10-21(14-18)27-24(29)17-7-4-3-5-8-17/h3-14,16,23H,15H2,1-2H3,(H,27,29). The fourth-order valence-corrected chi connectivity index (χ4v) is 3.86. The number of likely N-dealkylation sites (N-methyl/N-ethyl adjacent to an activating group) is 1. The molecule has 31 heavy (non-hydrogen) atoms. The van der Waals surface area contributed by atoms with Gasteiger partial charge in [-0.15, -0.1) is 0 Å². The second-order valence-electron chi connectivity index (χ2n) is 7.63. The topological polar surface area (TPSA) is 58.6 Å². The largest absolute Gasteiger partial charge is 0.480 e. The van der Waals surface area contributed by atoms with Gasteiger partial charge < -0.3 is 15.0 Å². The smallest absolute Gasteiger partial charge is 0.264 e. The molecule has 2 atom stereocenters. The Morgan fingerprint density at radius 2 is 1.84 bits per heavy atom. The third-order valence-electron chi connectivity index (χ3n) is 5.56. The lowest BCUT2D eigenvalue weighted by molar-refractivity contribution is -0.138. The summed E-state index contributed by atoms with van der Waals surface area (Å²) in [5.74, 6) is 0.429. The molecule has 4 rings (SSSR count). The molecule has 0 aromatic heterocycles. The second kappa shape index (κ2) is 8.82. The van der Waals surface area contributed by atoms with Crippen molar-refractivity contribution in [1.29, 1.82) is 0 Å². The minimum Gasteiger partial charge on any atom is -0.480 e. The molecule has 1 aliphatic heterocycles. The molecule has 0 spiro atoms. The Morgan fingerprint density at radius 3 is 2.61 bits per heavy atom. The molecule has 158 valence electrons. The van der Waals surface area contributed by atoms with E-state index in [2.05, 4.69) is 5.32 Å². The van der Waals surface area contributed by atoms with Gasteiger partial charge in [-0.2, -0.15) is 0 Å². The van der Waals surface area contributed by atoms with E-state index in [0.29, 0.717) is 28.4 Å². The van der Waals surface area contributed by atoms with E-state index in [-0.39, 0.29) is 17.9 Å². The summed E-state index contributed by atoms with van der Waals surface area (Å²) in [5.41, 5.74) is 3.13. The molecule has 1 N–H and O–H groups in total. The van der Waals surface area contributed by atoms with Crippen LogP contribution in [-0.2, 0) is 11.2 Å². The SMILES string of the molecule is CC(c1cccc(NC(=O)c2ccccc2)c1)N(C)C(=O)C1Cc2cc(Cl)ccc2O1. The van der Waals surface area contributed by atoms with Crippen LogP contribution in [-0.4, -0.2) is 29.9 Å². The molecule has 0 fully saturated rings. The maximum Gasteiger partial charge on any atom is 0.264 e. The minimum atomic E-state index is -0.568. The molecule has 2 amide bonds. The zero-order valence-electron chi connectivity index (χ0n) is 17.3. The van der Waals surface area contributed by atoms with Crippen molar-refractivity contribution >= 4 is 29.1 Å². The van der Waals surface area contributed by atoms with Crippen molar-refractivity contribution in [2.24, 2.45) is 0 Å². The second-order valence-corrected chi connectivity index (χ2v) is 8.07. The van der Waals surface area contributed by atoms with E-state index in [0.717, 1.165) is 11.1 Å². The number of halogens is 1. The number of fused-ring (bicyclic) bond motifs is 1. The number of hydrogen-bond acceptors (Lipinski definition) is 3. The quantitative estimate of drug-likeness (QED) is 0.606. The average molecular weight is 435 g/mol. The molecule has 0 bridgehead atoms. The highest BCUT2D eigenvalue weighted by Crippen LogP contribution is 2.33. The summed E-state index contributed by atoms with van der Waals surface area (Å²) in [7, 11) is 1.77. The van der Waals surface area contributed by atoms with E-state index in [4.69, 9.17) is 16.3 Å². The molecule has 5 nitrogen and oxygen atoms in total. The van der Waals surface area contributed by atoms with E-state index >= 15 is 0 Å². The first kappa shape index (κ1) is 20.9. The van der Waals surface area contributed by atoms with E-state index in [1.165, 1.54) is 0 Å². The van der Waals surface area contributed by atoms with Crippen LogP contribution in [0.1, 0.15) is 34.5 Å². The number of nitrogens with one attached hydrogen (secondary N) is 1. The van der Waals surface area contributed by atoms with Crippen LogP contribution in [0.25, 0.3) is 0 Å². The Hall–Kier alpha value is -3.31. The van der Waals surface area contributed by atoms with E-state index < -0.39 is 6.10 Å². The molecule has 2 unspecified atom stereocenters. The molecule has 0 radical (unpaired) electrons. The molecule has 3 aromatic rings. The van der Waals surface area contributed by atoms with Crippen molar-refractivity contribution in [1.82, 2.24) is 4.90 Å². The molecule has 0 saturated carbocycles. The van der Waals surface area contributed by atoms with Gasteiger partial charge in [-0.3, -0.25) is 9.59 Å². The summed E-state index contributed by atoms with van der Waals surface area (Å²) in [6, 6.07) is 21.8. The van der Waals surface area contributed by atoms with Gasteiger partial charge in [-0.1, -0.05) is 41.9 Å². The minimum absolute atomic E-state index is 0.0986. The number of anilines is 1. The molecular formula is C25H23ClN2O3. The van der Waals surface area contributed by atoms with Crippen LogP contribution < -0.4 is 10.1 Å². The lowest BCUT2D eigenvalue weighted by Crippen LogP contribution is -2.40. The monoisotopic (exact) mass is 434 g/mol. The van der Waals surface area contributed by atoms with Crippen molar-refractivity contribution in [3.05, 3.63) is 94.5 Å². The molecule has 1 aliphatic rings. The molecule has 6 heteroatoms. The van der Waals surface area contributed by atoms with Gasteiger partial charge in [0, 0.05) is 29.7 Å². The van der Waals surface area contributed by atoms with E-state index in [1.54, 1.807) is 36.2 Å². The van der Waals surface area contributed by atoms with Gasteiger partial charge in [0.1, 0.15) is 5.75 Å². The predicted octanol–water partition coefficient (Wildman–Crippen LogP) is 5.12. The molecular weight excluding hydrogens is 412 g/mol. The molecule has 0 saturated heterocycles. The van der Waals surface area contributed by atoms with Gasteiger partial charge in [0.05, 0.1) is 6.04 Å². The number of carbonyl (C=O) groups excluding carboxylic acids is 2. The number of rotatable bonds is 5. The molecule has 3 aromatic carbocycles. The first-order valence-electron chi connectivity index (χ1n) is 10.1. The highest BCUT2D eigenvalue weighted by atomic mass is 35.5. The van der Waals surface area contributed by atoms with Crippen LogP contribution in [0.5, 0.6) is 5.75 Å². The highest BCUT2D eigenvalue weighted by Gasteiger charge is 2.33. The fraction of sp³-hybridized carbons (Fsp3) is 0.200. The molecule has 1 heterocycles. The van der Waals surface area contributed by atoms with E-state index in [9.17, 15) is 9.59 Å². The Labute approximate surface area is 186 Å². The van der Waals surface area contributed by atoms with Crippen LogP contribution in [0, 0.1) is 0 Å². The summed E-state index contributed by atoms with van der Waals surface area (Å²) >= 11 is 6.05. The zero-order valence-corrected chi connectivity index (χ0v) is 18.1. The number of ether oxygens (including phenoxy) is 1. The Balaban J connectivity index is 1.44. The Morgan fingerprint density at radius 1 is 1.06 bits per heavy atom. The van der Waals surface area contributed by atoms with Crippen molar-refractivity contribution < 1.29 is 14.3 Å². The predicted molar refractivity (Wildman–Crippen MR) is 122 cm³/mol. The third-order valence-corrected chi connectivity index (χ3v) is 5.80. The van der Waals surface area contributed by atoms with Gasteiger partial charge >= 0.3 is 0 Å². The van der Waals surface area contributed by atoms with Crippen molar-refractivity contribution in [3.63, 3.8) is 0 Å². The van der Waals surface area contributed by atoms with Gasteiger partial charge in [0.25, 0.3) is 11.8 Å². The fourth-order valence-electron chi connectivity index (χ4n) is 3.67. The lowest BCUT2D eigenvalue weighted by atomic mass is 10.0.